The minimum Gasteiger partial charge on any atom is -0.299 e. The summed E-state index contributed by atoms with van der Waals surface area (Å²) in [6, 6.07) is 19.3. The zero-order valence-corrected chi connectivity index (χ0v) is 13.2. The van der Waals surface area contributed by atoms with Crippen LogP contribution in [0.5, 0.6) is 0 Å². The maximum absolute atomic E-state index is 13.1. The van der Waals surface area contributed by atoms with Gasteiger partial charge in [-0.15, -0.1) is 0 Å². The Morgan fingerprint density at radius 1 is 1.04 bits per heavy atom. The Labute approximate surface area is 137 Å². The average molecular weight is 308 g/mol. The summed E-state index contributed by atoms with van der Waals surface area (Å²) >= 11 is 0. The van der Waals surface area contributed by atoms with Crippen LogP contribution in [0.2, 0.25) is 0 Å². The molecule has 23 heavy (non-hydrogen) atoms. The first-order valence-corrected chi connectivity index (χ1v) is 8.17. The van der Waals surface area contributed by atoms with Crippen molar-refractivity contribution >= 4 is 0 Å². The van der Waals surface area contributed by atoms with Crippen LogP contribution in [0.1, 0.15) is 29.9 Å². The van der Waals surface area contributed by atoms with Crippen molar-refractivity contribution < 1.29 is 4.39 Å². The summed E-state index contributed by atoms with van der Waals surface area (Å²) < 4.78 is 13.1. The quantitative estimate of drug-likeness (QED) is 0.840. The number of hydrogen-bond donors (Lipinski definition) is 0. The summed E-state index contributed by atoms with van der Waals surface area (Å²) in [5, 5.41) is 9.54. The molecule has 1 aliphatic rings. The standard InChI is InChI=1S/C20H21FN2/c21-19-8-6-17(7-9-19)20(14-22)18-10-12-23(13-11-18)15-16-4-2-1-3-5-16/h1-9,18,20H,10-13,15H2/t20-/m0/s1. The third-order valence-electron chi connectivity index (χ3n) is 4.72. The maximum atomic E-state index is 13.1. The number of hydrogen-bond acceptors (Lipinski definition) is 2. The smallest absolute Gasteiger partial charge is 0.123 e. The van der Waals surface area contributed by atoms with Gasteiger partial charge in [0.05, 0.1) is 12.0 Å². The predicted octanol–water partition coefficient (Wildman–Crippen LogP) is 4.35. The van der Waals surface area contributed by atoms with Crippen molar-refractivity contribution in [3.05, 3.63) is 71.5 Å². The Morgan fingerprint density at radius 2 is 1.70 bits per heavy atom. The molecule has 0 bridgehead atoms. The van der Waals surface area contributed by atoms with Gasteiger partial charge in [-0.1, -0.05) is 42.5 Å². The monoisotopic (exact) mass is 308 g/mol. The van der Waals surface area contributed by atoms with Crippen LogP contribution < -0.4 is 0 Å². The molecule has 1 heterocycles. The molecule has 2 aromatic carbocycles. The van der Waals surface area contributed by atoms with Gasteiger partial charge in [-0.3, -0.25) is 4.90 Å². The predicted molar refractivity (Wildman–Crippen MR) is 89.2 cm³/mol. The second-order valence-electron chi connectivity index (χ2n) is 6.26. The molecule has 1 atom stereocenters. The van der Waals surface area contributed by atoms with Crippen molar-refractivity contribution in [3.8, 4) is 6.07 Å². The van der Waals surface area contributed by atoms with Gasteiger partial charge in [0.25, 0.3) is 0 Å². The van der Waals surface area contributed by atoms with Crippen LogP contribution in [0.3, 0.4) is 0 Å². The lowest BCUT2D eigenvalue weighted by molar-refractivity contribution is 0.171. The molecule has 1 saturated heterocycles. The first kappa shape index (κ1) is 15.7. The highest BCUT2D eigenvalue weighted by Gasteiger charge is 2.27. The van der Waals surface area contributed by atoms with Gasteiger partial charge in [0.15, 0.2) is 0 Å². The summed E-state index contributed by atoms with van der Waals surface area (Å²) in [6.07, 6.45) is 2.03. The van der Waals surface area contributed by atoms with Crippen molar-refractivity contribution in [2.24, 2.45) is 5.92 Å². The highest BCUT2D eigenvalue weighted by molar-refractivity contribution is 5.26. The molecule has 3 rings (SSSR count). The normalized spacial score (nSPS) is 17.6. The Hall–Kier alpha value is -2.18. The summed E-state index contributed by atoms with van der Waals surface area (Å²) in [7, 11) is 0. The van der Waals surface area contributed by atoms with Crippen LogP contribution in [-0.2, 0) is 6.54 Å². The minimum absolute atomic E-state index is 0.130. The SMILES string of the molecule is N#C[C@@H](c1ccc(F)cc1)C1CCN(Cc2ccccc2)CC1. The molecule has 2 aromatic rings. The van der Waals surface area contributed by atoms with Crippen LogP contribution in [0, 0.1) is 23.1 Å². The summed E-state index contributed by atoms with van der Waals surface area (Å²) in [6.45, 7) is 3.00. The van der Waals surface area contributed by atoms with Crippen LogP contribution >= 0.6 is 0 Å². The van der Waals surface area contributed by atoms with Crippen molar-refractivity contribution in [3.63, 3.8) is 0 Å². The first-order chi connectivity index (χ1) is 11.3. The highest BCUT2D eigenvalue weighted by Crippen LogP contribution is 2.32. The fourth-order valence-electron chi connectivity index (χ4n) is 3.41. The second-order valence-corrected chi connectivity index (χ2v) is 6.26. The van der Waals surface area contributed by atoms with Gasteiger partial charge in [-0.05, 0) is 55.1 Å². The van der Waals surface area contributed by atoms with E-state index >= 15 is 0 Å². The molecule has 0 amide bonds. The van der Waals surface area contributed by atoms with Crippen molar-refractivity contribution in [2.45, 2.75) is 25.3 Å². The highest BCUT2D eigenvalue weighted by atomic mass is 19.1. The van der Waals surface area contributed by atoms with Gasteiger partial charge in [-0.25, -0.2) is 4.39 Å². The minimum atomic E-state index is -0.247. The molecule has 1 aliphatic heterocycles. The zero-order chi connectivity index (χ0) is 16.1. The van der Waals surface area contributed by atoms with E-state index in [-0.39, 0.29) is 11.7 Å². The van der Waals surface area contributed by atoms with E-state index in [0.29, 0.717) is 5.92 Å². The molecule has 1 fully saturated rings. The van der Waals surface area contributed by atoms with E-state index in [1.807, 2.05) is 6.07 Å². The number of halogens is 1. The van der Waals surface area contributed by atoms with E-state index in [1.54, 1.807) is 12.1 Å². The molecule has 0 unspecified atom stereocenters. The number of nitrogens with zero attached hydrogens (tertiary/aromatic N) is 2. The molecular weight excluding hydrogens is 287 g/mol. The summed E-state index contributed by atoms with van der Waals surface area (Å²) in [5.41, 5.74) is 2.27. The molecule has 118 valence electrons. The summed E-state index contributed by atoms with van der Waals surface area (Å²) in [4.78, 5) is 2.45. The van der Waals surface area contributed by atoms with Gasteiger partial charge < -0.3 is 0 Å². The molecule has 0 spiro atoms. The van der Waals surface area contributed by atoms with Crippen LogP contribution in [0.15, 0.2) is 54.6 Å². The Balaban J connectivity index is 1.59. The van der Waals surface area contributed by atoms with Gasteiger partial charge in [-0.2, -0.15) is 5.26 Å². The summed E-state index contributed by atoms with van der Waals surface area (Å²) in [5.74, 6) is -0.0184. The lowest BCUT2D eigenvalue weighted by Gasteiger charge is -2.34. The number of likely N-dealkylation sites (tertiary alicyclic amines) is 1. The molecular formula is C20H21FN2. The zero-order valence-electron chi connectivity index (χ0n) is 13.2. The van der Waals surface area contributed by atoms with Crippen molar-refractivity contribution in [1.82, 2.24) is 4.90 Å². The number of nitriles is 1. The van der Waals surface area contributed by atoms with Crippen molar-refractivity contribution in [2.75, 3.05) is 13.1 Å². The molecule has 0 aromatic heterocycles. The number of benzene rings is 2. The van der Waals surface area contributed by atoms with Gasteiger partial charge in [0.1, 0.15) is 5.82 Å². The third kappa shape index (κ3) is 3.97. The largest absolute Gasteiger partial charge is 0.299 e. The molecule has 2 nitrogen and oxygen atoms in total. The average Bonchev–Trinajstić information content (AvgIpc) is 2.60. The first-order valence-electron chi connectivity index (χ1n) is 8.17. The molecule has 0 saturated carbocycles. The Kier molecular flexibility index (Phi) is 5.05. The lowest BCUT2D eigenvalue weighted by Crippen LogP contribution is -2.35. The lowest BCUT2D eigenvalue weighted by atomic mass is 9.81. The number of piperidine rings is 1. The van der Waals surface area contributed by atoms with E-state index < -0.39 is 0 Å². The fraction of sp³-hybridized carbons (Fsp3) is 0.350. The van der Waals surface area contributed by atoms with Crippen LogP contribution in [0.25, 0.3) is 0 Å². The molecule has 0 aliphatic carbocycles. The van der Waals surface area contributed by atoms with Crippen LogP contribution in [0.4, 0.5) is 4.39 Å². The van der Waals surface area contributed by atoms with Crippen molar-refractivity contribution in [1.29, 1.82) is 5.26 Å². The Morgan fingerprint density at radius 3 is 2.30 bits per heavy atom. The second kappa shape index (κ2) is 7.39. The van der Waals surface area contributed by atoms with E-state index in [0.717, 1.165) is 38.0 Å². The van der Waals surface area contributed by atoms with E-state index in [2.05, 4.69) is 35.2 Å². The van der Waals surface area contributed by atoms with Gasteiger partial charge in [0, 0.05) is 6.54 Å². The van der Waals surface area contributed by atoms with Gasteiger partial charge >= 0.3 is 0 Å². The topological polar surface area (TPSA) is 27.0 Å². The maximum Gasteiger partial charge on any atom is 0.123 e. The van der Waals surface area contributed by atoms with E-state index in [1.165, 1.54) is 17.7 Å². The van der Waals surface area contributed by atoms with E-state index in [4.69, 9.17) is 0 Å². The number of rotatable bonds is 4. The molecule has 0 N–H and O–H groups in total. The molecule has 3 heteroatoms. The van der Waals surface area contributed by atoms with Gasteiger partial charge in [0.2, 0.25) is 0 Å². The Bertz CT molecular complexity index is 652. The van der Waals surface area contributed by atoms with Crippen LogP contribution in [-0.4, -0.2) is 18.0 Å². The third-order valence-corrected chi connectivity index (χ3v) is 4.72. The van der Waals surface area contributed by atoms with E-state index in [9.17, 15) is 9.65 Å². The molecule has 0 radical (unpaired) electrons. The fourth-order valence-corrected chi connectivity index (χ4v) is 3.41.